The van der Waals surface area contributed by atoms with Gasteiger partial charge in [-0.25, -0.2) is 4.98 Å². The molecule has 3 nitrogen and oxygen atoms in total. The van der Waals surface area contributed by atoms with Crippen LogP contribution in [0.3, 0.4) is 0 Å². The van der Waals surface area contributed by atoms with Crippen molar-refractivity contribution in [2.24, 2.45) is 0 Å². The lowest BCUT2D eigenvalue weighted by Gasteiger charge is -2.25. The molecule has 0 spiro atoms. The fourth-order valence-corrected chi connectivity index (χ4v) is 2.84. The maximum atomic E-state index is 4.37. The van der Waals surface area contributed by atoms with Crippen molar-refractivity contribution >= 4 is 21.6 Å². The lowest BCUT2D eigenvalue weighted by Crippen LogP contribution is -2.42. The Balaban J connectivity index is 2.05. The van der Waals surface area contributed by atoms with E-state index in [4.69, 9.17) is 0 Å². The van der Waals surface area contributed by atoms with E-state index in [1.54, 1.807) is 11.3 Å². The average molecular weight is 219 g/mol. The van der Waals surface area contributed by atoms with Crippen LogP contribution in [0.2, 0.25) is 0 Å². The lowest BCUT2D eigenvalue weighted by atomic mass is 10.0. The first-order valence-electron chi connectivity index (χ1n) is 5.21. The van der Waals surface area contributed by atoms with Gasteiger partial charge in [0.1, 0.15) is 4.83 Å². The summed E-state index contributed by atoms with van der Waals surface area (Å²) in [7, 11) is 0. The van der Waals surface area contributed by atoms with Crippen molar-refractivity contribution < 1.29 is 0 Å². The Hall–Kier alpha value is -0.970. The zero-order chi connectivity index (χ0) is 10.1. The van der Waals surface area contributed by atoms with Crippen molar-refractivity contribution in [3.63, 3.8) is 0 Å². The van der Waals surface area contributed by atoms with E-state index in [0.717, 1.165) is 24.5 Å². The van der Waals surface area contributed by atoms with Crippen molar-refractivity contribution in [3.8, 4) is 0 Å². The van der Waals surface area contributed by atoms with Crippen LogP contribution < -0.4 is 10.6 Å². The zero-order valence-electron chi connectivity index (χ0n) is 8.36. The third kappa shape index (κ3) is 1.65. The van der Waals surface area contributed by atoms with Crippen LogP contribution >= 0.6 is 11.3 Å². The minimum atomic E-state index is 0.429. The Kier molecular flexibility index (Phi) is 2.40. The predicted molar refractivity (Wildman–Crippen MR) is 63.2 cm³/mol. The van der Waals surface area contributed by atoms with Gasteiger partial charge in [0.15, 0.2) is 0 Å². The minimum Gasteiger partial charge on any atom is -0.314 e. The molecule has 0 aliphatic carbocycles. The fourth-order valence-electron chi connectivity index (χ4n) is 2.07. The molecule has 0 bridgehead atoms. The third-order valence-electron chi connectivity index (χ3n) is 2.82. The summed E-state index contributed by atoms with van der Waals surface area (Å²) in [5.74, 6) is 0. The number of hydrogen-bond acceptors (Lipinski definition) is 4. The second kappa shape index (κ2) is 3.89. The summed E-state index contributed by atoms with van der Waals surface area (Å²) in [6, 6.07) is 4.72. The lowest BCUT2D eigenvalue weighted by molar-refractivity contribution is 0.432. The Morgan fingerprint density at radius 2 is 2.33 bits per heavy atom. The number of piperazine rings is 1. The SMILES string of the molecule is c1cc(C2CNCCN2)c2ccsc2n1. The topological polar surface area (TPSA) is 37.0 Å². The highest BCUT2D eigenvalue weighted by molar-refractivity contribution is 7.16. The minimum absolute atomic E-state index is 0.429. The van der Waals surface area contributed by atoms with E-state index in [1.165, 1.54) is 10.9 Å². The van der Waals surface area contributed by atoms with Gasteiger partial charge in [0.25, 0.3) is 0 Å². The molecule has 3 rings (SSSR count). The summed E-state index contributed by atoms with van der Waals surface area (Å²) >= 11 is 1.71. The highest BCUT2D eigenvalue weighted by Gasteiger charge is 2.16. The second-order valence-corrected chi connectivity index (χ2v) is 4.65. The van der Waals surface area contributed by atoms with Gasteiger partial charge >= 0.3 is 0 Å². The maximum Gasteiger partial charge on any atom is 0.123 e. The molecule has 0 radical (unpaired) electrons. The van der Waals surface area contributed by atoms with E-state index in [0.29, 0.717) is 6.04 Å². The van der Waals surface area contributed by atoms with Crippen LogP contribution in [0.25, 0.3) is 10.2 Å². The van der Waals surface area contributed by atoms with Gasteiger partial charge in [-0.15, -0.1) is 11.3 Å². The van der Waals surface area contributed by atoms with Crippen LogP contribution in [0.5, 0.6) is 0 Å². The van der Waals surface area contributed by atoms with Gasteiger partial charge in [0, 0.05) is 37.3 Å². The van der Waals surface area contributed by atoms with Crippen LogP contribution in [0.1, 0.15) is 11.6 Å². The van der Waals surface area contributed by atoms with Crippen LogP contribution in [-0.2, 0) is 0 Å². The van der Waals surface area contributed by atoms with Gasteiger partial charge < -0.3 is 10.6 Å². The Morgan fingerprint density at radius 1 is 1.33 bits per heavy atom. The molecule has 4 heteroatoms. The van der Waals surface area contributed by atoms with Crippen LogP contribution in [-0.4, -0.2) is 24.6 Å². The van der Waals surface area contributed by atoms with E-state index in [2.05, 4.69) is 33.1 Å². The van der Waals surface area contributed by atoms with Gasteiger partial charge in [-0.2, -0.15) is 0 Å². The molecule has 1 fully saturated rings. The highest BCUT2D eigenvalue weighted by atomic mass is 32.1. The molecular weight excluding hydrogens is 206 g/mol. The van der Waals surface area contributed by atoms with Crippen molar-refractivity contribution in [2.45, 2.75) is 6.04 Å². The number of hydrogen-bond donors (Lipinski definition) is 2. The van der Waals surface area contributed by atoms with Crippen molar-refractivity contribution in [2.75, 3.05) is 19.6 Å². The Morgan fingerprint density at radius 3 is 3.20 bits per heavy atom. The predicted octanol–water partition coefficient (Wildman–Crippen LogP) is 1.53. The molecule has 1 saturated heterocycles. The largest absolute Gasteiger partial charge is 0.314 e. The third-order valence-corrected chi connectivity index (χ3v) is 3.64. The van der Waals surface area contributed by atoms with E-state index in [1.807, 2.05) is 6.20 Å². The monoisotopic (exact) mass is 219 g/mol. The summed E-state index contributed by atoms with van der Waals surface area (Å²) in [4.78, 5) is 5.51. The van der Waals surface area contributed by atoms with E-state index in [9.17, 15) is 0 Å². The van der Waals surface area contributed by atoms with Gasteiger partial charge in [-0.05, 0) is 23.1 Å². The Labute approximate surface area is 92.5 Å². The molecule has 1 unspecified atom stereocenters. The van der Waals surface area contributed by atoms with Crippen molar-refractivity contribution in [3.05, 3.63) is 29.3 Å². The number of nitrogens with one attached hydrogen (secondary N) is 2. The molecule has 2 aromatic heterocycles. The molecular formula is C11H13N3S. The molecule has 3 heterocycles. The number of aromatic nitrogens is 1. The van der Waals surface area contributed by atoms with Crippen LogP contribution in [0.15, 0.2) is 23.7 Å². The first kappa shape index (κ1) is 9.27. The molecule has 2 N–H and O–H groups in total. The zero-order valence-corrected chi connectivity index (χ0v) is 9.18. The van der Waals surface area contributed by atoms with Crippen LogP contribution in [0.4, 0.5) is 0 Å². The molecule has 1 aliphatic heterocycles. The number of nitrogens with zero attached hydrogens (tertiary/aromatic N) is 1. The van der Waals surface area contributed by atoms with Crippen molar-refractivity contribution in [1.82, 2.24) is 15.6 Å². The number of fused-ring (bicyclic) bond motifs is 1. The van der Waals surface area contributed by atoms with Gasteiger partial charge in [0.2, 0.25) is 0 Å². The summed E-state index contributed by atoms with van der Waals surface area (Å²) < 4.78 is 0. The fraction of sp³-hybridized carbons (Fsp3) is 0.364. The standard InChI is InChI=1S/C11H13N3S/c1-3-14-11-9(2-6-15-11)8(1)10-7-12-4-5-13-10/h1-3,6,10,12-13H,4-5,7H2. The normalized spacial score (nSPS) is 22.0. The molecule has 1 atom stereocenters. The molecule has 15 heavy (non-hydrogen) atoms. The van der Waals surface area contributed by atoms with Gasteiger partial charge in [-0.1, -0.05) is 0 Å². The summed E-state index contributed by atoms with van der Waals surface area (Å²) in [5.41, 5.74) is 1.37. The summed E-state index contributed by atoms with van der Waals surface area (Å²) in [5, 5.41) is 10.3. The van der Waals surface area contributed by atoms with Crippen LogP contribution in [0, 0.1) is 0 Å². The molecule has 2 aromatic rings. The molecule has 78 valence electrons. The van der Waals surface area contributed by atoms with Crippen molar-refractivity contribution in [1.29, 1.82) is 0 Å². The number of rotatable bonds is 1. The Bertz CT molecular complexity index is 460. The molecule has 1 aliphatic rings. The number of thiophene rings is 1. The summed E-state index contributed by atoms with van der Waals surface area (Å²) in [6.07, 6.45) is 1.91. The smallest absolute Gasteiger partial charge is 0.123 e. The van der Waals surface area contributed by atoms with Gasteiger partial charge in [-0.3, -0.25) is 0 Å². The first-order valence-corrected chi connectivity index (χ1v) is 6.09. The highest BCUT2D eigenvalue weighted by Crippen LogP contribution is 2.26. The van der Waals surface area contributed by atoms with E-state index >= 15 is 0 Å². The molecule has 0 aromatic carbocycles. The number of pyridine rings is 1. The quantitative estimate of drug-likeness (QED) is 0.763. The second-order valence-electron chi connectivity index (χ2n) is 3.75. The molecule has 0 amide bonds. The molecule has 0 saturated carbocycles. The maximum absolute atomic E-state index is 4.37. The average Bonchev–Trinajstić information content (AvgIpc) is 2.78. The van der Waals surface area contributed by atoms with E-state index in [-0.39, 0.29) is 0 Å². The van der Waals surface area contributed by atoms with Gasteiger partial charge in [0.05, 0.1) is 0 Å². The van der Waals surface area contributed by atoms with E-state index < -0.39 is 0 Å². The first-order chi connectivity index (χ1) is 7.45. The summed E-state index contributed by atoms with van der Waals surface area (Å²) in [6.45, 7) is 3.11.